The van der Waals surface area contributed by atoms with E-state index in [4.69, 9.17) is 0 Å². The molecule has 4 rings (SSSR count). The van der Waals surface area contributed by atoms with Crippen molar-refractivity contribution in [2.75, 3.05) is 6.54 Å². The summed E-state index contributed by atoms with van der Waals surface area (Å²) in [6.07, 6.45) is 11.7. The third-order valence-electron chi connectivity index (χ3n) is 5.57. The van der Waals surface area contributed by atoms with E-state index in [9.17, 15) is 4.79 Å². The average Bonchev–Trinajstić information content (AvgIpc) is 3.42. The molecule has 0 spiro atoms. The molecular formula is C21H26N6O. The van der Waals surface area contributed by atoms with Crippen molar-refractivity contribution in [2.45, 2.75) is 52.0 Å². The third-order valence-corrected chi connectivity index (χ3v) is 5.57. The highest BCUT2D eigenvalue weighted by atomic mass is 16.2. The van der Waals surface area contributed by atoms with Crippen LogP contribution in [0.4, 0.5) is 0 Å². The van der Waals surface area contributed by atoms with E-state index in [1.54, 1.807) is 18.6 Å². The van der Waals surface area contributed by atoms with Crippen molar-refractivity contribution in [1.82, 2.24) is 25.7 Å². The topological polar surface area (TPSA) is 95.1 Å². The Morgan fingerprint density at radius 2 is 2.11 bits per heavy atom. The summed E-state index contributed by atoms with van der Waals surface area (Å²) < 4.78 is 0. The van der Waals surface area contributed by atoms with Crippen LogP contribution < -0.4 is 10.7 Å². The molecular weight excluding hydrogens is 352 g/mol. The van der Waals surface area contributed by atoms with E-state index in [1.807, 2.05) is 6.08 Å². The summed E-state index contributed by atoms with van der Waals surface area (Å²) in [7, 11) is 0. The van der Waals surface area contributed by atoms with Gasteiger partial charge < -0.3 is 10.3 Å². The second-order valence-corrected chi connectivity index (χ2v) is 7.37. The van der Waals surface area contributed by atoms with Crippen LogP contribution in [0.2, 0.25) is 0 Å². The second kappa shape index (κ2) is 8.06. The van der Waals surface area contributed by atoms with Crippen LogP contribution in [0.15, 0.2) is 29.3 Å². The molecule has 0 atom stereocenters. The molecule has 0 bridgehead atoms. The fourth-order valence-corrected chi connectivity index (χ4v) is 4.21. The number of hydrazone groups is 1. The van der Waals surface area contributed by atoms with Gasteiger partial charge in [-0.1, -0.05) is 19.8 Å². The summed E-state index contributed by atoms with van der Waals surface area (Å²) in [5.41, 5.74) is 9.07. The van der Waals surface area contributed by atoms with Gasteiger partial charge in [-0.3, -0.25) is 14.8 Å². The van der Waals surface area contributed by atoms with E-state index >= 15 is 0 Å². The number of carbonyl (C=O) groups is 1. The third kappa shape index (κ3) is 3.49. The van der Waals surface area contributed by atoms with Crippen LogP contribution in [0, 0.1) is 6.92 Å². The molecule has 1 fully saturated rings. The molecule has 0 saturated heterocycles. The number of nitrogens with one attached hydrogen (secondary N) is 3. The Kier molecular flexibility index (Phi) is 5.34. The zero-order valence-corrected chi connectivity index (χ0v) is 16.4. The SMILES string of the molecule is CCNCc1c(C)[nH]c(C=C2C(=O)NN=C2c2cnccn2)c1C1CCCC1. The molecule has 7 nitrogen and oxygen atoms in total. The number of aryl methyl sites for hydroxylation is 1. The van der Waals surface area contributed by atoms with Crippen molar-refractivity contribution in [2.24, 2.45) is 5.10 Å². The number of aromatic amines is 1. The van der Waals surface area contributed by atoms with Crippen LogP contribution in [0.3, 0.4) is 0 Å². The Balaban J connectivity index is 1.77. The van der Waals surface area contributed by atoms with E-state index in [2.05, 4.69) is 44.6 Å². The van der Waals surface area contributed by atoms with Crippen molar-refractivity contribution in [3.05, 3.63) is 52.4 Å². The summed E-state index contributed by atoms with van der Waals surface area (Å²) in [5, 5.41) is 7.65. The normalized spacial score (nSPS) is 18.7. The zero-order chi connectivity index (χ0) is 19.5. The van der Waals surface area contributed by atoms with Crippen molar-refractivity contribution >= 4 is 17.7 Å². The molecule has 3 N–H and O–H groups in total. The molecule has 7 heteroatoms. The van der Waals surface area contributed by atoms with Crippen molar-refractivity contribution in [3.63, 3.8) is 0 Å². The summed E-state index contributed by atoms with van der Waals surface area (Å²) in [6, 6.07) is 0. The summed E-state index contributed by atoms with van der Waals surface area (Å²) in [4.78, 5) is 24.4. The standard InChI is InChI=1S/C21H26N6O/c1-3-22-11-16-13(2)25-17(19(16)14-6-4-5-7-14)10-15-20(26-27-21(15)28)18-12-23-8-9-24-18/h8-10,12,14,22,25H,3-7,11H2,1-2H3,(H,27,28). The van der Waals surface area contributed by atoms with E-state index in [1.165, 1.54) is 36.8 Å². The predicted molar refractivity (Wildman–Crippen MR) is 109 cm³/mol. The maximum absolute atomic E-state index is 12.5. The van der Waals surface area contributed by atoms with E-state index in [-0.39, 0.29) is 5.91 Å². The van der Waals surface area contributed by atoms with Crippen molar-refractivity contribution < 1.29 is 4.79 Å². The van der Waals surface area contributed by atoms with Crippen LogP contribution in [0.5, 0.6) is 0 Å². The van der Waals surface area contributed by atoms with Gasteiger partial charge in [0.2, 0.25) is 0 Å². The number of amides is 1. The lowest BCUT2D eigenvalue weighted by Gasteiger charge is -2.14. The molecule has 0 aromatic carbocycles. The van der Waals surface area contributed by atoms with Crippen molar-refractivity contribution in [1.29, 1.82) is 0 Å². The minimum Gasteiger partial charge on any atom is -0.359 e. The first-order valence-corrected chi connectivity index (χ1v) is 9.97. The molecule has 0 unspecified atom stereocenters. The van der Waals surface area contributed by atoms with Gasteiger partial charge in [0.1, 0.15) is 11.4 Å². The Hall–Kier alpha value is -2.80. The van der Waals surface area contributed by atoms with Crippen LogP contribution in [0.25, 0.3) is 6.08 Å². The van der Waals surface area contributed by atoms with Gasteiger partial charge in [-0.2, -0.15) is 5.10 Å². The lowest BCUT2D eigenvalue weighted by Crippen LogP contribution is -2.15. The van der Waals surface area contributed by atoms with E-state index < -0.39 is 0 Å². The van der Waals surface area contributed by atoms with Gasteiger partial charge in [0.05, 0.1) is 11.8 Å². The van der Waals surface area contributed by atoms with Gasteiger partial charge in [0, 0.05) is 30.3 Å². The quantitative estimate of drug-likeness (QED) is 0.674. The number of aromatic nitrogens is 3. The highest BCUT2D eigenvalue weighted by molar-refractivity contribution is 6.32. The Bertz CT molecular complexity index is 922. The van der Waals surface area contributed by atoms with E-state index in [0.717, 1.165) is 24.5 Å². The van der Waals surface area contributed by atoms with Gasteiger partial charge in [0.25, 0.3) is 5.91 Å². The van der Waals surface area contributed by atoms with Crippen LogP contribution in [0.1, 0.15) is 66.7 Å². The Morgan fingerprint density at radius 1 is 1.29 bits per heavy atom. The molecule has 146 valence electrons. The summed E-state index contributed by atoms with van der Waals surface area (Å²) in [5.74, 6) is 0.324. The number of rotatable bonds is 6. The molecule has 28 heavy (non-hydrogen) atoms. The van der Waals surface area contributed by atoms with Gasteiger partial charge in [-0.15, -0.1) is 0 Å². The number of nitrogens with zero attached hydrogens (tertiary/aromatic N) is 3. The van der Waals surface area contributed by atoms with Gasteiger partial charge in [-0.25, -0.2) is 5.43 Å². The molecule has 1 aliphatic carbocycles. The van der Waals surface area contributed by atoms with Gasteiger partial charge in [-0.05, 0) is 49.4 Å². The van der Waals surface area contributed by atoms with E-state index in [0.29, 0.717) is 22.9 Å². The highest BCUT2D eigenvalue weighted by Crippen LogP contribution is 2.39. The fourth-order valence-electron chi connectivity index (χ4n) is 4.21. The fraction of sp³-hybridized carbons (Fsp3) is 0.429. The molecule has 3 heterocycles. The molecule has 1 aliphatic heterocycles. The smallest absolute Gasteiger partial charge is 0.273 e. The minimum atomic E-state index is -0.210. The molecule has 2 aromatic heterocycles. The molecule has 1 saturated carbocycles. The average molecular weight is 378 g/mol. The first-order valence-electron chi connectivity index (χ1n) is 9.97. The Labute approximate surface area is 164 Å². The number of carbonyl (C=O) groups excluding carboxylic acids is 1. The molecule has 1 amide bonds. The van der Waals surface area contributed by atoms with Crippen LogP contribution >= 0.6 is 0 Å². The number of hydrogen-bond donors (Lipinski definition) is 3. The summed E-state index contributed by atoms with van der Waals surface area (Å²) >= 11 is 0. The lowest BCUT2D eigenvalue weighted by molar-refractivity contribution is -0.116. The number of H-pyrrole nitrogens is 1. The maximum Gasteiger partial charge on any atom is 0.273 e. The second-order valence-electron chi connectivity index (χ2n) is 7.37. The Morgan fingerprint density at radius 3 is 2.82 bits per heavy atom. The maximum atomic E-state index is 12.5. The minimum absolute atomic E-state index is 0.210. The monoisotopic (exact) mass is 378 g/mol. The van der Waals surface area contributed by atoms with Crippen molar-refractivity contribution in [3.8, 4) is 0 Å². The van der Waals surface area contributed by atoms with Gasteiger partial charge in [0.15, 0.2) is 0 Å². The first-order chi connectivity index (χ1) is 13.7. The lowest BCUT2D eigenvalue weighted by atomic mass is 9.91. The molecule has 0 radical (unpaired) electrons. The van der Waals surface area contributed by atoms with Crippen LogP contribution in [-0.4, -0.2) is 33.1 Å². The van der Waals surface area contributed by atoms with Crippen LogP contribution in [-0.2, 0) is 11.3 Å². The first kappa shape index (κ1) is 18.6. The predicted octanol–water partition coefficient (Wildman–Crippen LogP) is 2.80. The zero-order valence-electron chi connectivity index (χ0n) is 16.4. The van der Waals surface area contributed by atoms with Gasteiger partial charge >= 0.3 is 0 Å². The summed E-state index contributed by atoms with van der Waals surface area (Å²) in [6.45, 7) is 5.99. The molecule has 2 aromatic rings. The number of hydrogen-bond acceptors (Lipinski definition) is 5. The molecule has 2 aliphatic rings. The highest BCUT2D eigenvalue weighted by Gasteiger charge is 2.29. The largest absolute Gasteiger partial charge is 0.359 e.